The smallest absolute Gasteiger partial charge is 0.335 e. The van der Waals surface area contributed by atoms with Gasteiger partial charge in [0.15, 0.2) is 0 Å². The first-order chi connectivity index (χ1) is 9.16. The number of benzene rings is 1. The van der Waals surface area contributed by atoms with Crippen LogP contribution in [0.15, 0.2) is 29.2 Å². The molecule has 0 aliphatic heterocycles. The van der Waals surface area contributed by atoms with Gasteiger partial charge in [-0.05, 0) is 32.0 Å². The van der Waals surface area contributed by atoms with Gasteiger partial charge in [-0.15, -0.1) is 0 Å². The van der Waals surface area contributed by atoms with Gasteiger partial charge in [-0.1, -0.05) is 6.07 Å². The summed E-state index contributed by atoms with van der Waals surface area (Å²) in [6.07, 6.45) is 0. The Bertz CT molecular complexity index is 624. The minimum Gasteiger partial charge on any atom is -0.478 e. The van der Waals surface area contributed by atoms with Crippen LogP contribution in [0.4, 0.5) is 0 Å². The van der Waals surface area contributed by atoms with Crippen molar-refractivity contribution in [3.8, 4) is 0 Å². The maximum atomic E-state index is 12.4. The average molecular weight is 300 g/mol. The average Bonchev–Trinajstić information content (AvgIpc) is 2.35. The van der Waals surface area contributed by atoms with E-state index < -0.39 is 34.5 Å². The zero-order valence-corrected chi connectivity index (χ0v) is 11.9. The monoisotopic (exact) mass is 300 g/mol. The number of nitrogens with zero attached hydrogens (tertiary/aromatic N) is 1. The van der Waals surface area contributed by atoms with Gasteiger partial charge in [-0.25, -0.2) is 13.2 Å². The number of aromatic carboxylic acids is 1. The van der Waals surface area contributed by atoms with E-state index in [1.807, 2.05) is 0 Å². The second kappa shape index (κ2) is 6.02. The predicted octanol–water partition coefficient (Wildman–Crippen LogP) is 0.269. The number of carbonyl (C=O) groups is 2. The fourth-order valence-corrected chi connectivity index (χ4v) is 3.27. The molecule has 0 saturated heterocycles. The van der Waals surface area contributed by atoms with Crippen molar-refractivity contribution < 1.29 is 23.1 Å². The third kappa shape index (κ3) is 3.55. The van der Waals surface area contributed by atoms with Gasteiger partial charge in [0, 0.05) is 6.04 Å². The molecular formula is C12H16N2O5S. The van der Waals surface area contributed by atoms with Gasteiger partial charge < -0.3 is 10.8 Å². The van der Waals surface area contributed by atoms with Crippen molar-refractivity contribution in [2.45, 2.75) is 24.8 Å². The highest BCUT2D eigenvalue weighted by Crippen LogP contribution is 2.19. The van der Waals surface area contributed by atoms with E-state index in [1.165, 1.54) is 18.2 Å². The number of nitrogens with two attached hydrogens (primary N) is 1. The molecule has 0 unspecified atom stereocenters. The minimum atomic E-state index is -3.98. The third-order valence-corrected chi connectivity index (χ3v) is 4.59. The van der Waals surface area contributed by atoms with Crippen LogP contribution in [0.1, 0.15) is 24.2 Å². The van der Waals surface area contributed by atoms with Crippen molar-refractivity contribution in [3.05, 3.63) is 29.8 Å². The predicted molar refractivity (Wildman–Crippen MR) is 71.6 cm³/mol. The van der Waals surface area contributed by atoms with Gasteiger partial charge in [0.2, 0.25) is 15.9 Å². The van der Waals surface area contributed by atoms with Crippen molar-refractivity contribution >= 4 is 21.9 Å². The standard InChI is InChI=1S/C12H16N2O5S/c1-8(2)14(7-11(13)15)20(18,19)10-5-3-4-9(6-10)12(16)17/h3-6,8H,7H2,1-2H3,(H2,13,15)(H,16,17). The summed E-state index contributed by atoms with van der Waals surface area (Å²) in [5.74, 6) is -2.01. The fourth-order valence-electron chi connectivity index (χ4n) is 1.62. The molecule has 1 rings (SSSR count). The quantitative estimate of drug-likeness (QED) is 0.781. The van der Waals surface area contributed by atoms with Crippen LogP contribution in [0, 0.1) is 0 Å². The van der Waals surface area contributed by atoms with Crippen LogP contribution in [-0.2, 0) is 14.8 Å². The van der Waals surface area contributed by atoms with Crippen LogP contribution < -0.4 is 5.73 Å². The SMILES string of the molecule is CC(C)N(CC(N)=O)S(=O)(=O)c1cccc(C(=O)O)c1. The largest absolute Gasteiger partial charge is 0.478 e. The van der Waals surface area contributed by atoms with Crippen molar-refractivity contribution in [2.24, 2.45) is 5.73 Å². The number of carboxylic acid groups (broad SMARTS) is 1. The van der Waals surface area contributed by atoms with E-state index in [4.69, 9.17) is 10.8 Å². The van der Waals surface area contributed by atoms with Gasteiger partial charge in [-0.3, -0.25) is 4.79 Å². The van der Waals surface area contributed by atoms with Gasteiger partial charge in [0.1, 0.15) is 0 Å². The first-order valence-electron chi connectivity index (χ1n) is 5.79. The molecule has 0 heterocycles. The van der Waals surface area contributed by atoms with Gasteiger partial charge in [0.05, 0.1) is 17.0 Å². The lowest BCUT2D eigenvalue weighted by Gasteiger charge is -2.24. The first kappa shape index (κ1) is 16.1. The Kier molecular flexibility index (Phi) is 4.85. The van der Waals surface area contributed by atoms with E-state index in [9.17, 15) is 18.0 Å². The molecule has 110 valence electrons. The molecule has 0 saturated carbocycles. The molecule has 20 heavy (non-hydrogen) atoms. The maximum Gasteiger partial charge on any atom is 0.335 e. The summed E-state index contributed by atoms with van der Waals surface area (Å²) in [5, 5.41) is 8.89. The summed E-state index contributed by atoms with van der Waals surface area (Å²) in [6, 6.07) is 4.46. The topological polar surface area (TPSA) is 118 Å². The Morgan fingerprint density at radius 1 is 1.35 bits per heavy atom. The Morgan fingerprint density at radius 3 is 2.40 bits per heavy atom. The molecule has 0 atom stereocenters. The number of hydrogen-bond donors (Lipinski definition) is 2. The van der Waals surface area contributed by atoms with E-state index in [0.29, 0.717) is 0 Å². The molecular weight excluding hydrogens is 284 g/mol. The van der Waals surface area contributed by atoms with Crippen molar-refractivity contribution in [2.75, 3.05) is 6.54 Å². The van der Waals surface area contributed by atoms with Crippen molar-refractivity contribution in [1.82, 2.24) is 4.31 Å². The molecule has 7 nitrogen and oxygen atoms in total. The zero-order chi connectivity index (χ0) is 15.5. The van der Waals surface area contributed by atoms with E-state index in [1.54, 1.807) is 13.8 Å². The van der Waals surface area contributed by atoms with Crippen LogP contribution in [0.2, 0.25) is 0 Å². The van der Waals surface area contributed by atoms with E-state index >= 15 is 0 Å². The summed E-state index contributed by atoms with van der Waals surface area (Å²) in [7, 11) is -3.98. The number of carboxylic acids is 1. The van der Waals surface area contributed by atoms with Gasteiger partial charge in [0.25, 0.3) is 0 Å². The summed E-state index contributed by atoms with van der Waals surface area (Å²) in [6.45, 7) is 2.74. The lowest BCUT2D eigenvalue weighted by atomic mass is 10.2. The molecule has 0 aliphatic carbocycles. The number of carbonyl (C=O) groups excluding carboxylic acids is 1. The molecule has 8 heteroatoms. The van der Waals surface area contributed by atoms with Crippen LogP contribution in [-0.4, -0.2) is 42.3 Å². The van der Waals surface area contributed by atoms with Gasteiger partial charge in [-0.2, -0.15) is 4.31 Å². The molecule has 1 aromatic rings. The van der Waals surface area contributed by atoms with Gasteiger partial charge >= 0.3 is 5.97 Å². The zero-order valence-electron chi connectivity index (χ0n) is 11.1. The lowest BCUT2D eigenvalue weighted by Crippen LogP contribution is -2.42. The number of hydrogen-bond acceptors (Lipinski definition) is 4. The molecule has 0 spiro atoms. The summed E-state index contributed by atoms with van der Waals surface area (Å²) < 4.78 is 25.7. The molecule has 1 aromatic carbocycles. The molecule has 0 fully saturated rings. The van der Waals surface area contributed by atoms with Crippen molar-refractivity contribution in [3.63, 3.8) is 0 Å². The second-order valence-corrected chi connectivity index (χ2v) is 6.33. The van der Waals surface area contributed by atoms with Crippen LogP contribution in [0.3, 0.4) is 0 Å². The molecule has 0 radical (unpaired) electrons. The highest BCUT2D eigenvalue weighted by Gasteiger charge is 2.28. The maximum absolute atomic E-state index is 12.4. The molecule has 0 aliphatic rings. The number of amides is 1. The molecule has 0 bridgehead atoms. The lowest BCUT2D eigenvalue weighted by molar-refractivity contribution is -0.118. The van der Waals surface area contributed by atoms with Crippen LogP contribution in [0.5, 0.6) is 0 Å². The fraction of sp³-hybridized carbons (Fsp3) is 0.333. The highest BCUT2D eigenvalue weighted by molar-refractivity contribution is 7.89. The normalized spacial score (nSPS) is 11.8. The Balaban J connectivity index is 3.29. The van der Waals surface area contributed by atoms with E-state index in [2.05, 4.69) is 0 Å². The van der Waals surface area contributed by atoms with Crippen LogP contribution >= 0.6 is 0 Å². The van der Waals surface area contributed by atoms with Crippen molar-refractivity contribution in [1.29, 1.82) is 0 Å². The number of sulfonamides is 1. The van der Waals surface area contributed by atoms with E-state index in [-0.39, 0.29) is 10.5 Å². The summed E-state index contributed by atoms with van der Waals surface area (Å²) in [4.78, 5) is 21.7. The second-order valence-electron chi connectivity index (χ2n) is 4.44. The molecule has 0 aromatic heterocycles. The Morgan fingerprint density at radius 2 is 1.95 bits per heavy atom. The number of rotatable bonds is 6. The molecule has 3 N–H and O–H groups in total. The highest BCUT2D eigenvalue weighted by atomic mass is 32.2. The number of primary amides is 1. The Hall–Kier alpha value is -1.93. The first-order valence-corrected chi connectivity index (χ1v) is 7.23. The third-order valence-electron chi connectivity index (χ3n) is 2.58. The molecule has 1 amide bonds. The Labute approximate surface area is 117 Å². The van der Waals surface area contributed by atoms with Crippen LogP contribution in [0.25, 0.3) is 0 Å². The summed E-state index contributed by atoms with van der Waals surface area (Å²) >= 11 is 0. The minimum absolute atomic E-state index is 0.145. The van der Waals surface area contributed by atoms with E-state index in [0.717, 1.165) is 10.4 Å². The summed E-state index contributed by atoms with van der Waals surface area (Å²) in [5.41, 5.74) is 4.90.